The number of thioether (sulfide) groups is 1. The average molecular weight is 339 g/mol. The fourth-order valence-electron chi connectivity index (χ4n) is 2.36. The fraction of sp³-hybridized carbons (Fsp3) is 0.500. The molecule has 0 bridgehead atoms. The van der Waals surface area contributed by atoms with Crippen LogP contribution in [-0.4, -0.2) is 54.2 Å². The van der Waals surface area contributed by atoms with Gasteiger partial charge in [0.25, 0.3) is 0 Å². The van der Waals surface area contributed by atoms with Crippen LogP contribution in [0.2, 0.25) is 0 Å². The fourth-order valence-corrected chi connectivity index (χ4v) is 3.59. The number of halogens is 1. The minimum atomic E-state index is -0.323. The van der Waals surface area contributed by atoms with Gasteiger partial charge in [-0.3, -0.25) is 4.79 Å². The molecule has 126 valence electrons. The normalized spacial score (nSPS) is 17.4. The third-order valence-electron chi connectivity index (χ3n) is 3.69. The molecule has 1 saturated heterocycles. The van der Waals surface area contributed by atoms with Crippen LogP contribution in [0.5, 0.6) is 0 Å². The summed E-state index contributed by atoms with van der Waals surface area (Å²) in [4.78, 5) is 27.1. The minimum Gasteiger partial charge on any atom is -0.338 e. The van der Waals surface area contributed by atoms with Crippen LogP contribution in [0.3, 0.4) is 0 Å². The smallest absolute Gasteiger partial charge is 0.317 e. The van der Waals surface area contributed by atoms with Gasteiger partial charge in [-0.25, -0.2) is 9.18 Å². The number of rotatable bonds is 6. The summed E-state index contributed by atoms with van der Waals surface area (Å²) in [5.41, 5.74) is 0.515. The van der Waals surface area contributed by atoms with Gasteiger partial charge in [0.05, 0.1) is 5.75 Å². The summed E-state index contributed by atoms with van der Waals surface area (Å²) in [6.07, 6.45) is 0.871. The second-order valence-corrected chi connectivity index (χ2v) is 6.49. The van der Waals surface area contributed by atoms with Gasteiger partial charge in [-0.1, -0.05) is 25.1 Å². The Morgan fingerprint density at radius 2 is 2.22 bits per heavy atom. The predicted octanol–water partition coefficient (Wildman–Crippen LogP) is 2.45. The molecule has 1 N–H and O–H groups in total. The third-order valence-corrected chi connectivity index (χ3v) is 4.93. The van der Waals surface area contributed by atoms with Crippen LogP contribution in [0.25, 0.3) is 0 Å². The van der Waals surface area contributed by atoms with E-state index in [1.807, 2.05) is 6.92 Å². The van der Waals surface area contributed by atoms with Gasteiger partial charge < -0.3 is 15.1 Å². The van der Waals surface area contributed by atoms with Crippen LogP contribution in [0.1, 0.15) is 24.3 Å². The Labute approximate surface area is 140 Å². The molecule has 0 spiro atoms. The molecule has 0 aromatic heterocycles. The van der Waals surface area contributed by atoms with Crippen molar-refractivity contribution in [3.63, 3.8) is 0 Å². The van der Waals surface area contributed by atoms with E-state index in [2.05, 4.69) is 5.32 Å². The first-order valence-electron chi connectivity index (χ1n) is 7.69. The molecular formula is C16H22FN3O2S. The van der Waals surface area contributed by atoms with E-state index in [-0.39, 0.29) is 23.1 Å². The third kappa shape index (κ3) is 4.37. The van der Waals surface area contributed by atoms with Crippen molar-refractivity contribution in [2.24, 2.45) is 0 Å². The number of nitrogens with one attached hydrogen (secondary N) is 1. The van der Waals surface area contributed by atoms with Crippen molar-refractivity contribution in [2.45, 2.75) is 18.7 Å². The molecule has 0 radical (unpaired) electrons. The van der Waals surface area contributed by atoms with Crippen LogP contribution >= 0.6 is 11.8 Å². The molecule has 3 amide bonds. The Morgan fingerprint density at radius 3 is 2.91 bits per heavy atom. The molecule has 0 saturated carbocycles. The summed E-state index contributed by atoms with van der Waals surface area (Å²) in [6, 6.07) is 6.35. The Bertz CT molecular complexity index is 570. The quantitative estimate of drug-likeness (QED) is 0.866. The Kier molecular flexibility index (Phi) is 6.27. The maximum Gasteiger partial charge on any atom is 0.317 e. The molecule has 1 fully saturated rings. The topological polar surface area (TPSA) is 52.7 Å². The lowest BCUT2D eigenvalue weighted by Crippen LogP contribution is -2.42. The number of carbonyl (C=O) groups is 2. The van der Waals surface area contributed by atoms with Crippen LogP contribution in [0, 0.1) is 5.82 Å². The standard InChI is InChI=1S/C16H22FN3O2S/c1-3-8-18-16(22)19(2)9-10-20-14(21)11-23-15(20)12-6-4-5-7-13(12)17/h4-7,15H,3,8-11H2,1-2H3,(H,18,22). The van der Waals surface area contributed by atoms with Crippen LogP contribution in [0.4, 0.5) is 9.18 Å². The van der Waals surface area contributed by atoms with Gasteiger partial charge in [0.2, 0.25) is 5.91 Å². The number of amides is 3. The molecule has 1 aliphatic heterocycles. The molecule has 5 nitrogen and oxygen atoms in total. The number of hydrogen-bond acceptors (Lipinski definition) is 3. The maximum atomic E-state index is 14.0. The molecule has 1 aliphatic rings. The highest BCUT2D eigenvalue weighted by atomic mass is 32.2. The van der Waals surface area contributed by atoms with Crippen LogP contribution < -0.4 is 5.32 Å². The number of hydrogen-bond donors (Lipinski definition) is 1. The summed E-state index contributed by atoms with van der Waals surface area (Å²) in [7, 11) is 1.69. The molecule has 1 atom stereocenters. The Balaban J connectivity index is 1.98. The van der Waals surface area contributed by atoms with Gasteiger partial charge >= 0.3 is 6.03 Å². The first kappa shape index (κ1) is 17.6. The largest absolute Gasteiger partial charge is 0.338 e. The van der Waals surface area contributed by atoms with Gasteiger partial charge in [-0.05, 0) is 12.5 Å². The highest BCUT2D eigenvalue weighted by Crippen LogP contribution is 2.39. The first-order valence-corrected chi connectivity index (χ1v) is 8.74. The number of nitrogens with zero attached hydrogens (tertiary/aromatic N) is 2. The summed E-state index contributed by atoms with van der Waals surface area (Å²) >= 11 is 1.42. The summed E-state index contributed by atoms with van der Waals surface area (Å²) < 4.78 is 14.0. The van der Waals surface area contributed by atoms with E-state index in [1.165, 1.54) is 17.8 Å². The Hall–Kier alpha value is -1.76. The van der Waals surface area contributed by atoms with Crippen molar-refractivity contribution in [3.05, 3.63) is 35.6 Å². The van der Waals surface area contributed by atoms with Gasteiger partial charge in [0.1, 0.15) is 11.2 Å². The highest BCUT2D eigenvalue weighted by molar-refractivity contribution is 8.00. The number of likely N-dealkylation sites (N-methyl/N-ethyl adjacent to an activating group) is 1. The zero-order chi connectivity index (χ0) is 16.8. The lowest BCUT2D eigenvalue weighted by molar-refractivity contribution is -0.128. The zero-order valence-electron chi connectivity index (χ0n) is 13.4. The summed E-state index contributed by atoms with van der Waals surface area (Å²) in [6.45, 7) is 3.41. The van der Waals surface area contributed by atoms with E-state index < -0.39 is 0 Å². The number of benzene rings is 1. The second kappa shape index (κ2) is 8.19. The van der Waals surface area contributed by atoms with Gasteiger partial charge in [0.15, 0.2) is 0 Å². The van der Waals surface area contributed by atoms with E-state index in [0.717, 1.165) is 6.42 Å². The first-order chi connectivity index (χ1) is 11.0. The SMILES string of the molecule is CCCNC(=O)N(C)CCN1C(=O)CSC1c1ccccc1F. The monoisotopic (exact) mass is 339 g/mol. The molecule has 1 aromatic rings. The Morgan fingerprint density at radius 1 is 1.48 bits per heavy atom. The number of carbonyl (C=O) groups excluding carboxylic acids is 2. The molecule has 0 aliphatic carbocycles. The second-order valence-electron chi connectivity index (χ2n) is 5.43. The summed E-state index contributed by atoms with van der Waals surface area (Å²) in [5.74, 6) is 0.00875. The maximum absolute atomic E-state index is 14.0. The minimum absolute atomic E-state index is 0.0226. The van der Waals surface area contributed by atoms with E-state index >= 15 is 0 Å². The molecule has 1 aromatic carbocycles. The van der Waals surface area contributed by atoms with Crippen molar-refractivity contribution in [1.29, 1.82) is 0 Å². The number of urea groups is 1. The molecule has 7 heteroatoms. The van der Waals surface area contributed by atoms with Gasteiger partial charge in [-0.15, -0.1) is 11.8 Å². The molecule has 1 heterocycles. The predicted molar refractivity (Wildman–Crippen MR) is 89.6 cm³/mol. The van der Waals surface area contributed by atoms with Crippen LogP contribution in [0.15, 0.2) is 24.3 Å². The van der Waals surface area contributed by atoms with Crippen LogP contribution in [-0.2, 0) is 4.79 Å². The van der Waals surface area contributed by atoms with Crippen molar-refractivity contribution in [1.82, 2.24) is 15.1 Å². The molecular weight excluding hydrogens is 317 g/mol. The van der Waals surface area contributed by atoms with Crippen molar-refractivity contribution in [3.8, 4) is 0 Å². The lowest BCUT2D eigenvalue weighted by atomic mass is 10.2. The van der Waals surface area contributed by atoms with Gasteiger partial charge in [-0.2, -0.15) is 0 Å². The average Bonchev–Trinajstić information content (AvgIpc) is 2.91. The lowest BCUT2D eigenvalue weighted by Gasteiger charge is -2.27. The van der Waals surface area contributed by atoms with E-state index in [4.69, 9.17) is 0 Å². The summed E-state index contributed by atoms with van der Waals surface area (Å²) in [5, 5.41) is 2.47. The van der Waals surface area contributed by atoms with E-state index in [1.54, 1.807) is 35.0 Å². The molecule has 23 heavy (non-hydrogen) atoms. The highest BCUT2D eigenvalue weighted by Gasteiger charge is 2.34. The van der Waals surface area contributed by atoms with E-state index in [9.17, 15) is 14.0 Å². The van der Waals surface area contributed by atoms with Crippen molar-refractivity contribution in [2.75, 3.05) is 32.4 Å². The molecule has 1 unspecified atom stereocenters. The zero-order valence-corrected chi connectivity index (χ0v) is 14.2. The van der Waals surface area contributed by atoms with E-state index in [0.29, 0.717) is 31.0 Å². The van der Waals surface area contributed by atoms with Crippen molar-refractivity contribution >= 4 is 23.7 Å². The van der Waals surface area contributed by atoms with Crippen molar-refractivity contribution < 1.29 is 14.0 Å². The molecule has 2 rings (SSSR count). The van der Waals surface area contributed by atoms with Gasteiger partial charge in [0, 0.05) is 32.2 Å².